The normalized spacial score (nSPS) is 26.1. The molecule has 5 nitrogen and oxygen atoms in total. The number of amides is 2. The molecule has 2 aliphatic rings. The highest BCUT2D eigenvalue weighted by Gasteiger charge is 2.18. The average molecular weight is 269 g/mol. The molecule has 0 radical (unpaired) electrons. The van der Waals surface area contributed by atoms with Gasteiger partial charge in [-0.2, -0.15) is 0 Å². The van der Waals surface area contributed by atoms with Gasteiger partial charge in [-0.1, -0.05) is 19.3 Å². The lowest BCUT2D eigenvalue weighted by atomic mass is 9.96. The second-order valence-electron chi connectivity index (χ2n) is 5.78. The molecule has 110 valence electrons. The summed E-state index contributed by atoms with van der Waals surface area (Å²) in [5, 5.41) is 6.01. The van der Waals surface area contributed by atoms with Gasteiger partial charge in [-0.15, -0.1) is 0 Å². The van der Waals surface area contributed by atoms with Crippen LogP contribution in [0.2, 0.25) is 0 Å². The van der Waals surface area contributed by atoms with Crippen molar-refractivity contribution in [2.75, 3.05) is 33.3 Å². The Morgan fingerprint density at radius 1 is 1.32 bits per heavy atom. The van der Waals surface area contributed by atoms with Crippen LogP contribution < -0.4 is 10.6 Å². The minimum atomic E-state index is -0.0175. The topological polar surface area (TPSA) is 53.6 Å². The largest absolute Gasteiger partial charge is 0.375 e. The van der Waals surface area contributed by atoms with Crippen molar-refractivity contribution in [1.29, 1.82) is 0 Å². The van der Waals surface area contributed by atoms with Gasteiger partial charge in [-0.3, -0.25) is 0 Å². The zero-order chi connectivity index (χ0) is 13.5. The Labute approximate surface area is 116 Å². The molecule has 1 aliphatic carbocycles. The highest BCUT2D eigenvalue weighted by Crippen LogP contribution is 2.17. The van der Waals surface area contributed by atoms with Gasteiger partial charge in [0.1, 0.15) is 0 Å². The summed E-state index contributed by atoms with van der Waals surface area (Å²) >= 11 is 0. The van der Waals surface area contributed by atoms with Crippen LogP contribution in [0.4, 0.5) is 4.79 Å². The van der Waals surface area contributed by atoms with E-state index in [4.69, 9.17) is 4.74 Å². The first-order valence-electron chi connectivity index (χ1n) is 7.58. The molecule has 1 saturated carbocycles. The van der Waals surface area contributed by atoms with E-state index in [1.165, 1.54) is 19.3 Å². The Hall–Kier alpha value is -0.810. The lowest BCUT2D eigenvalue weighted by Gasteiger charge is -2.30. The second-order valence-corrected chi connectivity index (χ2v) is 5.78. The lowest BCUT2D eigenvalue weighted by molar-refractivity contribution is -0.0224. The van der Waals surface area contributed by atoms with Gasteiger partial charge in [0.05, 0.1) is 12.7 Å². The van der Waals surface area contributed by atoms with Gasteiger partial charge in [-0.25, -0.2) is 4.79 Å². The number of nitrogens with zero attached hydrogens (tertiary/aromatic N) is 1. The summed E-state index contributed by atoms with van der Waals surface area (Å²) in [6.45, 7) is 3.46. The molecular weight excluding hydrogens is 242 g/mol. The Morgan fingerprint density at radius 2 is 2.11 bits per heavy atom. The van der Waals surface area contributed by atoms with Crippen molar-refractivity contribution in [3.05, 3.63) is 0 Å². The monoisotopic (exact) mass is 269 g/mol. The molecule has 0 aromatic rings. The van der Waals surface area contributed by atoms with Gasteiger partial charge >= 0.3 is 6.03 Å². The van der Waals surface area contributed by atoms with Crippen LogP contribution in [0.1, 0.15) is 38.5 Å². The molecular formula is C14H27N3O2. The van der Waals surface area contributed by atoms with E-state index in [1.54, 1.807) is 0 Å². The average Bonchev–Trinajstić information content (AvgIpc) is 2.40. The fourth-order valence-corrected chi connectivity index (χ4v) is 2.87. The Morgan fingerprint density at radius 3 is 2.84 bits per heavy atom. The fraction of sp³-hybridized carbons (Fsp3) is 0.929. The van der Waals surface area contributed by atoms with Crippen LogP contribution in [-0.4, -0.2) is 56.4 Å². The molecule has 1 aliphatic heterocycles. The Balaban J connectivity index is 1.55. The fourth-order valence-electron chi connectivity index (χ4n) is 2.87. The third-order valence-corrected chi connectivity index (χ3v) is 4.03. The van der Waals surface area contributed by atoms with Crippen LogP contribution in [0, 0.1) is 0 Å². The predicted octanol–water partition coefficient (Wildman–Crippen LogP) is 1.34. The number of morpholine rings is 1. The molecule has 2 N–H and O–H groups in total. The van der Waals surface area contributed by atoms with E-state index in [0.29, 0.717) is 12.6 Å². The van der Waals surface area contributed by atoms with Crippen molar-refractivity contribution < 1.29 is 9.53 Å². The first-order chi connectivity index (χ1) is 9.24. The number of nitrogens with one attached hydrogen (secondary N) is 2. The van der Waals surface area contributed by atoms with Crippen LogP contribution in [0.25, 0.3) is 0 Å². The summed E-state index contributed by atoms with van der Waals surface area (Å²) in [5.74, 6) is 0. The standard InChI is InChI=1S/C14H27N3O2/c1-17-9-10-19-13(11-17)7-8-15-14(18)16-12-5-3-2-4-6-12/h12-13H,2-11H2,1H3,(H2,15,16,18). The van der Waals surface area contributed by atoms with Crippen LogP contribution in [0.15, 0.2) is 0 Å². The van der Waals surface area contributed by atoms with Crippen molar-refractivity contribution >= 4 is 6.03 Å². The maximum Gasteiger partial charge on any atom is 0.315 e. The molecule has 0 aromatic heterocycles. The van der Waals surface area contributed by atoms with Crippen molar-refractivity contribution in [2.45, 2.75) is 50.7 Å². The van der Waals surface area contributed by atoms with Crippen molar-refractivity contribution in [2.24, 2.45) is 0 Å². The number of likely N-dealkylation sites (N-methyl/N-ethyl adjacent to an activating group) is 1. The van der Waals surface area contributed by atoms with E-state index in [9.17, 15) is 4.79 Å². The number of rotatable bonds is 4. The Kier molecular flexibility index (Phi) is 5.92. The molecule has 1 saturated heterocycles. The van der Waals surface area contributed by atoms with Crippen LogP contribution in [0.3, 0.4) is 0 Å². The minimum Gasteiger partial charge on any atom is -0.375 e. The van der Waals surface area contributed by atoms with E-state index < -0.39 is 0 Å². The SMILES string of the molecule is CN1CCOC(CCNC(=O)NC2CCCCC2)C1. The molecule has 5 heteroatoms. The van der Waals surface area contributed by atoms with E-state index >= 15 is 0 Å². The summed E-state index contributed by atoms with van der Waals surface area (Å²) < 4.78 is 5.67. The quantitative estimate of drug-likeness (QED) is 0.810. The summed E-state index contributed by atoms with van der Waals surface area (Å²) in [4.78, 5) is 14.0. The summed E-state index contributed by atoms with van der Waals surface area (Å²) in [7, 11) is 2.11. The number of carbonyl (C=O) groups is 1. The van der Waals surface area contributed by atoms with Crippen molar-refractivity contribution in [1.82, 2.24) is 15.5 Å². The lowest BCUT2D eigenvalue weighted by Crippen LogP contribution is -2.45. The molecule has 1 heterocycles. The maximum absolute atomic E-state index is 11.7. The molecule has 0 aromatic carbocycles. The summed E-state index contributed by atoms with van der Waals surface area (Å²) in [6.07, 6.45) is 7.21. The van der Waals surface area contributed by atoms with Crippen LogP contribution >= 0.6 is 0 Å². The van der Waals surface area contributed by atoms with Gasteiger partial charge < -0.3 is 20.3 Å². The Bertz CT molecular complexity index is 280. The summed E-state index contributed by atoms with van der Waals surface area (Å²) in [5.41, 5.74) is 0. The van der Waals surface area contributed by atoms with Gasteiger partial charge in [0.25, 0.3) is 0 Å². The molecule has 2 amide bonds. The zero-order valence-corrected chi connectivity index (χ0v) is 12.0. The highest BCUT2D eigenvalue weighted by atomic mass is 16.5. The molecule has 1 unspecified atom stereocenters. The first kappa shape index (κ1) is 14.6. The van der Waals surface area contributed by atoms with E-state index in [-0.39, 0.29) is 12.1 Å². The number of hydrogen-bond acceptors (Lipinski definition) is 3. The van der Waals surface area contributed by atoms with Gasteiger partial charge in [0.2, 0.25) is 0 Å². The van der Waals surface area contributed by atoms with Crippen molar-refractivity contribution in [3.63, 3.8) is 0 Å². The van der Waals surface area contributed by atoms with E-state index in [1.807, 2.05) is 0 Å². The van der Waals surface area contributed by atoms with Gasteiger partial charge in [-0.05, 0) is 26.3 Å². The van der Waals surface area contributed by atoms with E-state index in [0.717, 1.165) is 39.0 Å². The van der Waals surface area contributed by atoms with Crippen LogP contribution in [-0.2, 0) is 4.74 Å². The summed E-state index contributed by atoms with van der Waals surface area (Å²) in [6, 6.07) is 0.363. The maximum atomic E-state index is 11.7. The molecule has 2 rings (SSSR count). The second kappa shape index (κ2) is 7.70. The van der Waals surface area contributed by atoms with Gasteiger partial charge in [0, 0.05) is 25.7 Å². The molecule has 0 bridgehead atoms. The number of urea groups is 1. The third-order valence-electron chi connectivity index (χ3n) is 4.03. The number of carbonyl (C=O) groups excluding carboxylic acids is 1. The zero-order valence-electron chi connectivity index (χ0n) is 12.0. The smallest absolute Gasteiger partial charge is 0.315 e. The molecule has 2 fully saturated rings. The third kappa shape index (κ3) is 5.37. The first-order valence-corrected chi connectivity index (χ1v) is 7.58. The minimum absolute atomic E-state index is 0.0175. The van der Waals surface area contributed by atoms with E-state index in [2.05, 4.69) is 22.6 Å². The predicted molar refractivity (Wildman–Crippen MR) is 75.3 cm³/mol. The highest BCUT2D eigenvalue weighted by molar-refractivity contribution is 5.74. The van der Waals surface area contributed by atoms with Gasteiger partial charge in [0.15, 0.2) is 0 Å². The molecule has 19 heavy (non-hydrogen) atoms. The number of hydrogen-bond donors (Lipinski definition) is 2. The molecule has 1 atom stereocenters. The van der Waals surface area contributed by atoms with Crippen molar-refractivity contribution in [3.8, 4) is 0 Å². The number of ether oxygens (including phenoxy) is 1. The molecule has 0 spiro atoms. The van der Waals surface area contributed by atoms with Crippen LogP contribution in [0.5, 0.6) is 0 Å².